The van der Waals surface area contributed by atoms with E-state index in [0.717, 1.165) is 38.1 Å². The molecule has 0 saturated carbocycles. The number of rotatable bonds is 9. The number of amides is 1. The summed E-state index contributed by atoms with van der Waals surface area (Å²) in [5.74, 6) is 0.405. The van der Waals surface area contributed by atoms with Crippen LogP contribution in [0.1, 0.15) is 29.8 Å². The van der Waals surface area contributed by atoms with Crippen LogP contribution in [0, 0.1) is 0 Å². The van der Waals surface area contributed by atoms with E-state index in [0.29, 0.717) is 11.5 Å². The number of hydrogen-bond acceptors (Lipinski definition) is 5. The smallest absolute Gasteiger partial charge is 0.276 e. The molecule has 0 aliphatic rings. The molecule has 0 unspecified atom stereocenters. The summed E-state index contributed by atoms with van der Waals surface area (Å²) in [7, 11) is 1.71. The summed E-state index contributed by atoms with van der Waals surface area (Å²) in [6.07, 6.45) is 3.20. The minimum Gasteiger partial charge on any atom is -0.385 e. The monoisotopic (exact) mass is 314 g/mol. The van der Waals surface area contributed by atoms with Crippen LogP contribution in [0.25, 0.3) is 0 Å². The highest BCUT2D eigenvalue weighted by Crippen LogP contribution is 2.08. The van der Waals surface area contributed by atoms with E-state index in [2.05, 4.69) is 20.8 Å². The third-order valence-electron chi connectivity index (χ3n) is 3.26. The van der Waals surface area contributed by atoms with Crippen LogP contribution in [0.15, 0.2) is 42.5 Å². The highest BCUT2D eigenvalue weighted by atomic mass is 16.5. The maximum atomic E-state index is 12.0. The normalized spacial score (nSPS) is 10.3. The van der Waals surface area contributed by atoms with E-state index in [9.17, 15) is 4.79 Å². The average molecular weight is 314 g/mol. The SMILES string of the molecule is COCCCCCNc1ccc(C(=O)Nc2ccccc2)nn1. The summed E-state index contributed by atoms with van der Waals surface area (Å²) in [5.41, 5.74) is 1.03. The number of para-hydroxylation sites is 1. The Balaban J connectivity index is 1.76. The standard InChI is InChI=1S/C17H22N4O2/c1-23-13-7-3-6-12-18-16-11-10-15(20-21-16)17(22)19-14-8-4-2-5-9-14/h2,4-5,8-11H,3,6-7,12-13H2,1H3,(H,18,21)(H,19,22). The van der Waals surface area contributed by atoms with E-state index in [1.54, 1.807) is 19.2 Å². The fourth-order valence-electron chi connectivity index (χ4n) is 2.03. The Bertz CT molecular complexity index is 587. The van der Waals surface area contributed by atoms with E-state index in [1.807, 2.05) is 30.3 Å². The molecule has 1 amide bonds. The molecule has 6 heteroatoms. The molecular formula is C17H22N4O2. The number of hydrogen-bond donors (Lipinski definition) is 2. The lowest BCUT2D eigenvalue weighted by Gasteiger charge is -2.06. The summed E-state index contributed by atoms with van der Waals surface area (Å²) >= 11 is 0. The topological polar surface area (TPSA) is 76.1 Å². The molecule has 0 aliphatic heterocycles. The van der Waals surface area contributed by atoms with Gasteiger partial charge in [0.15, 0.2) is 5.69 Å². The molecule has 0 fully saturated rings. The van der Waals surface area contributed by atoms with Crippen molar-refractivity contribution in [2.24, 2.45) is 0 Å². The highest BCUT2D eigenvalue weighted by molar-refractivity contribution is 6.02. The maximum absolute atomic E-state index is 12.0. The van der Waals surface area contributed by atoms with Gasteiger partial charge >= 0.3 is 0 Å². The first-order valence-corrected chi connectivity index (χ1v) is 7.72. The zero-order valence-electron chi connectivity index (χ0n) is 13.3. The molecule has 0 atom stereocenters. The zero-order valence-corrected chi connectivity index (χ0v) is 13.3. The third-order valence-corrected chi connectivity index (χ3v) is 3.26. The van der Waals surface area contributed by atoms with Gasteiger partial charge in [-0.15, -0.1) is 10.2 Å². The molecule has 1 aromatic carbocycles. The number of nitrogens with zero attached hydrogens (tertiary/aromatic N) is 2. The highest BCUT2D eigenvalue weighted by Gasteiger charge is 2.08. The van der Waals surface area contributed by atoms with Crippen LogP contribution in [-0.2, 0) is 4.74 Å². The predicted molar refractivity (Wildman–Crippen MR) is 90.6 cm³/mol. The van der Waals surface area contributed by atoms with Crippen molar-refractivity contribution in [2.75, 3.05) is 30.9 Å². The Morgan fingerprint density at radius 1 is 1.04 bits per heavy atom. The third kappa shape index (κ3) is 6.04. The molecular weight excluding hydrogens is 292 g/mol. The molecule has 0 bridgehead atoms. The predicted octanol–water partition coefficient (Wildman–Crippen LogP) is 2.96. The van der Waals surface area contributed by atoms with E-state index < -0.39 is 0 Å². The van der Waals surface area contributed by atoms with Crippen molar-refractivity contribution in [2.45, 2.75) is 19.3 Å². The zero-order chi connectivity index (χ0) is 16.3. The number of anilines is 2. The number of unbranched alkanes of at least 4 members (excludes halogenated alkanes) is 2. The van der Waals surface area contributed by atoms with Crippen molar-refractivity contribution in [1.82, 2.24) is 10.2 Å². The number of methoxy groups -OCH3 is 1. The lowest BCUT2D eigenvalue weighted by Crippen LogP contribution is -2.15. The Hall–Kier alpha value is -2.47. The van der Waals surface area contributed by atoms with Gasteiger partial charge in [-0.2, -0.15) is 0 Å². The van der Waals surface area contributed by atoms with Gasteiger partial charge in [0.25, 0.3) is 5.91 Å². The van der Waals surface area contributed by atoms with Crippen molar-refractivity contribution in [3.8, 4) is 0 Å². The van der Waals surface area contributed by atoms with Crippen molar-refractivity contribution in [1.29, 1.82) is 0 Å². The fraction of sp³-hybridized carbons (Fsp3) is 0.353. The number of aromatic nitrogens is 2. The van der Waals surface area contributed by atoms with E-state index in [4.69, 9.17) is 4.74 Å². The molecule has 2 N–H and O–H groups in total. The van der Waals surface area contributed by atoms with Crippen LogP contribution >= 0.6 is 0 Å². The van der Waals surface area contributed by atoms with Gasteiger partial charge in [0, 0.05) is 25.9 Å². The van der Waals surface area contributed by atoms with Gasteiger partial charge in [-0.1, -0.05) is 18.2 Å². The first-order valence-electron chi connectivity index (χ1n) is 7.72. The molecule has 0 radical (unpaired) electrons. The molecule has 23 heavy (non-hydrogen) atoms. The van der Waals surface area contributed by atoms with Gasteiger partial charge < -0.3 is 15.4 Å². The van der Waals surface area contributed by atoms with E-state index in [-0.39, 0.29) is 5.91 Å². The molecule has 2 aromatic rings. The summed E-state index contributed by atoms with van der Waals surface area (Å²) in [4.78, 5) is 12.0. The van der Waals surface area contributed by atoms with Crippen molar-refractivity contribution in [3.63, 3.8) is 0 Å². The van der Waals surface area contributed by atoms with Crippen LogP contribution in [0.3, 0.4) is 0 Å². The van der Waals surface area contributed by atoms with Crippen molar-refractivity contribution < 1.29 is 9.53 Å². The summed E-state index contributed by atoms with van der Waals surface area (Å²) in [5, 5.41) is 14.0. The minimum absolute atomic E-state index is 0.269. The quantitative estimate of drug-likeness (QED) is 0.696. The molecule has 0 saturated heterocycles. The van der Waals surface area contributed by atoms with E-state index in [1.165, 1.54) is 0 Å². The van der Waals surface area contributed by atoms with Crippen molar-refractivity contribution in [3.05, 3.63) is 48.2 Å². The van der Waals surface area contributed by atoms with Crippen LogP contribution in [0.5, 0.6) is 0 Å². The second kappa shape index (κ2) is 9.53. The Labute approximate surface area is 136 Å². The number of nitrogens with one attached hydrogen (secondary N) is 2. The first-order chi connectivity index (χ1) is 11.3. The molecule has 2 rings (SSSR count). The number of carbonyl (C=O) groups excluding carboxylic acids is 1. The largest absolute Gasteiger partial charge is 0.385 e. The van der Waals surface area contributed by atoms with Crippen molar-refractivity contribution >= 4 is 17.4 Å². The fourth-order valence-corrected chi connectivity index (χ4v) is 2.03. The minimum atomic E-state index is -0.269. The summed E-state index contributed by atoms with van der Waals surface area (Å²) in [6.45, 7) is 1.62. The Morgan fingerprint density at radius 2 is 1.87 bits per heavy atom. The molecule has 6 nitrogen and oxygen atoms in total. The number of benzene rings is 1. The van der Waals surface area contributed by atoms with Crippen LogP contribution < -0.4 is 10.6 Å². The van der Waals surface area contributed by atoms with Gasteiger partial charge in [-0.05, 0) is 43.5 Å². The Morgan fingerprint density at radius 3 is 2.57 bits per heavy atom. The molecule has 0 spiro atoms. The average Bonchev–Trinajstić information content (AvgIpc) is 2.59. The second-order valence-electron chi connectivity index (χ2n) is 5.10. The first kappa shape index (κ1) is 16.9. The number of carbonyl (C=O) groups is 1. The molecule has 0 aliphatic carbocycles. The summed E-state index contributed by atoms with van der Waals surface area (Å²) < 4.78 is 5.00. The molecule has 1 aromatic heterocycles. The van der Waals surface area contributed by atoms with Crippen LogP contribution in [0.4, 0.5) is 11.5 Å². The number of ether oxygens (including phenoxy) is 1. The van der Waals surface area contributed by atoms with Crippen LogP contribution in [-0.4, -0.2) is 36.4 Å². The second-order valence-corrected chi connectivity index (χ2v) is 5.10. The lowest BCUT2D eigenvalue weighted by atomic mass is 10.2. The maximum Gasteiger partial charge on any atom is 0.276 e. The van der Waals surface area contributed by atoms with Gasteiger partial charge in [0.05, 0.1) is 0 Å². The van der Waals surface area contributed by atoms with Gasteiger partial charge in [0.1, 0.15) is 5.82 Å². The van der Waals surface area contributed by atoms with Gasteiger partial charge in [-0.25, -0.2) is 0 Å². The molecule has 1 heterocycles. The van der Waals surface area contributed by atoms with Gasteiger partial charge in [-0.3, -0.25) is 4.79 Å². The Kier molecular flexibility index (Phi) is 7.00. The molecule has 122 valence electrons. The lowest BCUT2D eigenvalue weighted by molar-refractivity contribution is 0.102. The summed E-state index contributed by atoms with van der Waals surface area (Å²) in [6, 6.07) is 12.7. The van der Waals surface area contributed by atoms with Crippen LogP contribution in [0.2, 0.25) is 0 Å². The van der Waals surface area contributed by atoms with Gasteiger partial charge in [0.2, 0.25) is 0 Å². The van der Waals surface area contributed by atoms with E-state index >= 15 is 0 Å².